The molecular weight excluding hydrogens is 1430 g/mol. The fraction of sp³-hybridized carbons (Fsp3) is 0.921. The van der Waals surface area contributed by atoms with Crippen LogP contribution >= 0.6 is 0 Å². The smallest absolute Gasteiger partial charge is 0.315 e. The van der Waals surface area contributed by atoms with E-state index < -0.39 is 22.0 Å². The van der Waals surface area contributed by atoms with E-state index in [-0.39, 0.29) is 111 Å². The second-order valence-electron chi connectivity index (χ2n) is 39.5. The Hall–Kier alpha value is -4.07. The zero-order chi connectivity index (χ0) is 80.6. The second kappa shape index (κ2) is 37.5. The number of esters is 7. The molecule has 4 N–H and O–H groups in total. The molecule has 23 heteroatoms. The van der Waals surface area contributed by atoms with E-state index in [0.717, 1.165) is 188 Å². The Bertz CT molecular complexity index is 3150. The number of carbonyl (C=O) groups is 7. The molecule has 0 aromatic carbocycles. The van der Waals surface area contributed by atoms with Crippen molar-refractivity contribution in [1.82, 2.24) is 24.9 Å². The summed E-state index contributed by atoms with van der Waals surface area (Å²) in [6.07, 6.45) is 35.0. The molecule has 15 atom stereocenters. The van der Waals surface area contributed by atoms with Crippen molar-refractivity contribution in [3.05, 3.63) is 0 Å². The van der Waals surface area contributed by atoms with Crippen molar-refractivity contribution in [1.29, 1.82) is 0 Å². The molecule has 11 aliphatic heterocycles. The summed E-state index contributed by atoms with van der Waals surface area (Å²) in [4.78, 5) is 95.1. The third-order valence-electron chi connectivity index (χ3n) is 31.0. The third-order valence-corrected chi connectivity index (χ3v) is 31.0. The number of nitrogens with one attached hydrogen (secondary N) is 1. The first-order valence-electron chi connectivity index (χ1n) is 45.0. The second-order valence-corrected chi connectivity index (χ2v) is 39.5. The van der Waals surface area contributed by atoms with Gasteiger partial charge < -0.3 is 73.5 Å². The molecule has 0 aromatic rings. The fourth-order valence-electron chi connectivity index (χ4n) is 22.5. The van der Waals surface area contributed by atoms with Crippen LogP contribution in [0.15, 0.2) is 0 Å². The van der Waals surface area contributed by atoms with Crippen LogP contribution in [-0.2, 0) is 76.2 Å². The molecule has 2 bridgehead atoms. The topological polar surface area (TPSA) is 274 Å². The van der Waals surface area contributed by atoms with Crippen LogP contribution in [0, 0.1) is 56.7 Å². The molecule has 16 fully saturated rings. The third kappa shape index (κ3) is 20.3. The van der Waals surface area contributed by atoms with Gasteiger partial charge in [-0.3, -0.25) is 38.5 Å². The number of cyclic esters (lactones) is 3. The lowest BCUT2D eigenvalue weighted by atomic mass is 9.67. The number of piperidine rings is 1. The zero-order valence-electron chi connectivity index (χ0n) is 71.5. The van der Waals surface area contributed by atoms with Crippen molar-refractivity contribution >= 4 is 41.8 Å². The summed E-state index contributed by atoms with van der Waals surface area (Å²) in [6.45, 7) is 39.5. The van der Waals surface area contributed by atoms with Crippen LogP contribution in [-0.4, -0.2) is 236 Å². The number of hydrogen-bond donors (Lipinski definition) is 3. The van der Waals surface area contributed by atoms with Crippen molar-refractivity contribution in [3.8, 4) is 0 Å². The van der Waals surface area contributed by atoms with Gasteiger partial charge in [0.25, 0.3) is 0 Å². The Morgan fingerprint density at radius 2 is 1.15 bits per heavy atom. The van der Waals surface area contributed by atoms with E-state index in [9.17, 15) is 38.7 Å². The zero-order valence-corrected chi connectivity index (χ0v) is 71.5. The highest BCUT2D eigenvalue weighted by Gasteiger charge is 2.64. The van der Waals surface area contributed by atoms with Gasteiger partial charge >= 0.3 is 41.8 Å². The highest BCUT2D eigenvalue weighted by Crippen LogP contribution is 2.58. The van der Waals surface area contributed by atoms with Crippen molar-refractivity contribution in [2.75, 3.05) is 112 Å². The molecule has 0 amide bonds. The SMILES string of the molecule is CC(C)(N)C1(C)CC2(CCC(O)CC2)OC1=O.CC1(C2(C)CCOC2=O)CC(CN2CCCCC2)C(=O)O1.CCC1(CN2CCCC2)CC2(CCOCC2)OC1=O.CCC1CC(C)(C(C)NC2CCCCC2)C(=O)O1.CCN(CC)CC1(C)CC2CCCCC2OC1=O.O=C1OC2(CC3CCC2C3)CC1CN1CCOCC1. The summed E-state index contributed by atoms with van der Waals surface area (Å²) in [5.74, 6) is 1.69. The Morgan fingerprint density at radius 3 is 1.74 bits per heavy atom. The molecule has 23 nitrogen and oxygen atoms in total. The van der Waals surface area contributed by atoms with Crippen LogP contribution in [0.2, 0.25) is 0 Å². The van der Waals surface area contributed by atoms with Crippen molar-refractivity contribution < 1.29 is 81.3 Å². The van der Waals surface area contributed by atoms with E-state index in [0.29, 0.717) is 56.6 Å². The first-order valence-corrected chi connectivity index (χ1v) is 45.0. The van der Waals surface area contributed by atoms with Crippen molar-refractivity contribution in [3.63, 3.8) is 0 Å². The number of carbonyl (C=O) groups excluding carboxylic acids is 7. The molecule has 11 saturated heterocycles. The normalized spacial score (nSPS) is 39.5. The summed E-state index contributed by atoms with van der Waals surface area (Å²) in [7, 11) is 0. The predicted octanol–water partition coefficient (Wildman–Crippen LogP) is 12.4. The van der Waals surface area contributed by atoms with Crippen molar-refractivity contribution in [2.24, 2.45) is 62.4 Å². The van der Waals surface area contributed by atoms with E-state index in [2.05, 4.69) is 73.4 Å². The number of rotatable bonds is 17. The standard InChI is InChI=1S/C16H25NO4.C15H23NO3.C15H25NO3.2C15H27NO2.C13H23NO3/c1-15(6-9-20-14(15)19)16(2)10-12(13(18)21-16)11-17-7-4-3-5-8-17;17-14-12(10-16-3-5-18-6-4-16)9-15(19-14)8-11-1-2-13(15)7-11;1-2-14(12-16-7-3-4-8-16)11-15(19-13(14)17)5-9-18-10-6-15;1-4-13-10-15(3,14(17)18-13)11(2)16-12-8-6-5-7-9-12;1-4-16(5-2)11-15(3)10-12-8-6-7-9-13(12)18-14(15)17;1-11(2,14)12(3)8-13(17-10(12)16)6-4-9(15)5-7-13/h12H,3-11H2,1-2H3;11-13H,1-10H2;2-12H2,1H3;11-13,16H,4-10H2,1-3H3;12-13H,4-11H2,1-3H3;9,15H,4-8,14H2,1-3H3. The summed E-state index contributed by atoms with van der Waals surface area (Å²) < 4.78 is 50.2. The van der Waals surface area contributed by atoms with Gasteiger partial charge in [0.1, 0.15) is 40.0 Å². The van der Waals surface area contributed by atoms with E-state index in [1.165, 1.54) is 103 Å². The van der Waals surface area contributed by atoms with Crippen LogP contribution in [0.4, 0.5) is 0 Å². The number of morpholine rings is 1. The molecule has 0 aromatic heterocycles. The summed E-state index contributed by atoms with van der Waals surface area (Å²) in [6, 6.07) is 0.809. The molecule has 5 saturated carbocycles. The monoisotopic (exact) mass is 1580 g/mol. The molecule has 16 rings (SSSR count). The molecule has 5 aliphatic carbocycles. The van der Waals surface area contributed by atoms with Crippen LogP contribution in [0.1, 0.15) is 295 Å². The molecule has 16 aliphatic rings. The van der Waals surface area contributed by atoms with E-state index >= 15 is 0 Å². The van der Waals surface area contributed by atoms with E-state index in [1.807, 2.05) is 34.6 Å². The summed E-state index contributed by atoms with van der Waals surface area (Å²) in [5, 5.41) is 13.2. The minimum absolute atomic E-state index is 0.00911. The van der Waals surface area contributed by atoms with E-state index in [1.54, 1.807) is 0 Å². The Morgan fingerprint density at radius 1 is 0.562 bits per heavy atom. The first kappa shape index (κ1) is 88.7. The molecule has 112 heavy (non-hydrogen) atoms. The highest BCUT2D eigenvalue weighted by molar-refractivity contribution is 5.84. The number of fused-ring (bicyclic) bond motifs is 4. The molecule has 0 radical (unpaired) electrons. The quantitative estimate of drug-likeness (QED) is 0.0901. The van der Waals surface area contributed by atoms with Gasteiger partial charge in [0, 0.05) is 108 Å². The Balaban J connectivity index is 0.000000133. The molecule has 638 valence electrons. The maximum Gasteiger partial charge on any atom is 0.315 e. The molecule has 3 spiro atoms. The lowest BCUT2D eigenvalue weighted by Crippen LogP contribution is -2.52. The lowest BCUT2D eigenvalue weighted by Gasteiger charge is -2.44. The van der Waals surface area contributed by atoms with Crippen molar-refractivity contribution in [2.45, 2.75) is 353 Å². The van der Waals surface area contributed by atoms with Gasteiger partial charge in [0.15, 0.2) is 0 Å². The minimum atomic E-state index is -0.724. The average Bonchev–Trinajstić information content (AvgIpc) is 1.73. The van der Waals surface area contributed by atoms with Gasteiger partial charge in [-0.25, -0.2) is 0 Å². The molecular formula is C89H150N6O17. The largest absolute Gasteiger partial charge is 0.465 e. The molecule has 15 unspecified atom stereocenters. The van der Waals surface area contributed by atoms with Crippen LogP contribution < -0.4 is 11.1 Å². The van der Waals surface area contributed by atoms with Gasteiger partial charge in [-0.05, 0) is 241 Å². The number of nitrogens with two attached hydrogens (primary N) is 1. The fourth-order valence-corrected chi connectivity index (χ4v) is 22.5. The minimum Gasteiger partial charge on any atom is -0.465 e. The number of nitrogens with zero attached hydrogens (tertiary/aromatic N) is 4. The average molecular weight is 1580 g/mol. The lowest BCUT2D eigenvalue weighted by molar-refractivity contribution is -0.180. The number of likely N-dealkylation sites (tertiary alicyclic amines) is 2. The van der Waals surface area contributed by atoms with Gasteiger partial charge in [-0.2, -0.15) is 0 Å². The number of aliphatic hydroxyl groups excluding tert-OH is 1. The maximum absolute atomic E-state index is 12.5. The van der Waals surface area contributed by atoms with Gasteiger partial charge in [-0.1, -0.05) is 59.8 Å². The maximum atomic E-state index is 12.5. The summed E-state index contributed by atoms with van der Waals surface area (Å²) in [5.41, 5.74) is 1.98. The van der Waals surface area contributed by atoms with Gasteiger partial charge in [-0.15, -0.1) is 0 Å². The van der Waals surface area contributed by atoms with Gasteiger partial charge in [0.05, 0.1) is 72.6 Å². The molecule has 11 heterocycles. The van der Waals surface area contributed by atoms with E-state index in [4.69, 9.17) is 48.4 Å². The predicted molar refractivity (Wildman–Crippen MR) is 427 cm³/mol. The Labute approximate surface area is 672 Å². The highest BCUT2D eigenvalue weighted by atomic mass is 16.6. The van der Waals surface area contributed by atoms with Crippen LogP contribution in [0.3, 0.4) is 0 Å². The number of aliphatic hydroxyl groups is 1. The number of hydrogen-bond acceptors (Lipinski definition) is 23. The van der Waals surface area contributed by atoms with Crippen LogP contribution in [0.25, 0.3) is 0 Å². The van der Waals surface area contributed by atoms with Gasteiger partial charge in [0.2, 0.25) is 0 Å². The summed E-state index contributed by atoms with van der Waals surface area (Å²) >= 11 is 0. The number of ether oxygens (including phenoxy) is 9. The first-order chi connectivity index (χ1) is 53.2. The van der Waals surface area contributed by atoms with Crippen LogP contribution in [0.5, 0.6) is 0 Å². The Kier molecular flexibility index (Phi) is 29.7.